The van der Waals surface area contributed by atoms with Crippen molar-refractivity contribution in [3.63, 3.8) is 0 Å². The van der Waals surface area contributed by atoms with E-state index in [2.05, 4.69) is 58.7 Å². The number of imidazole rings is 1. The van der Waals surface area contributed by atoms with Gasteiger partial charge in [-0.25, -0.2) is 9.37 Å². The number of benzene rings is 2. The third kappa shape index (κ3) is 3.77. The van der Waals surface area contributed by atoms with Crippen LogP contribution in [0, 0.1) is 5.82 Å². The Hall–Kier alpha value is -3.31. The van der Waals surface area contributed by atoms with E-state index in [1.165, 1.54) is 17.7 Å². The molecular formula is C26H24FN3O. The fourth-order valence-electron chi connectivity index (χ4n) is 4.10. The number of pyridine rings is 1. The van der Waals surface area contributed by atoms with Crippen LogP contribution in [0.15, 0.2) is 67.1 Å². The van der Waals surface area contributed by atoms with Gasteiger partial charge in [0.05, 0.1) is 36.4 Å². The molecule has 2 aromatic carbocycles. The average Bonchev–Trinajstić information content (AvgIpc) is 3.25. The summed E-state index contributed by atoms with van der Waals surface area (Å²) in [5, 5.41) is 1.09. The standard InChI is InChI=1S/C26H24FN3O/c1-17(2)30-16-29-25(19-3-6-23(27)7-4-19)26(30)20-5-8-24-21(13-20)14-22(15-28-24)18-9-11-31-12-10-18/h3-9,13-17H,10-12H2,1-2H3. The predicted molar refractivity (Wildman–Crippen MR) is 122 cm³/mol. The molecule has 0 bridgehead atoms. The first-order valence-electron chi connectivity index (χ1n) is 10.6. The van der Waals surface area contributed by atoms with Gasteiger partial charge in [-0.3, -0.25) is 4.98 Å². The third-order valence-electron chi connectivity index (χ3n) is 5.76. The van der Waals surface area contributed by atoms with Gasteiger partial charge in [0, 0.05) is 28.8 Å². The van der Waals surface area contributed by atoms with Crippen molar-refractivity contribution in [2.24, 2.45) is 0 Å². The zero-order valence-corrected chi connectivity index (χ0v) is 17.7. The van der Waals surface area contributed by atoms with E-state index in [-0.39, 0.29) is 11.9 Å². The lowest BCUT2D eigenvalue weighted by molar-refractivity contribution is 0.161. The van der Waals surface area contributed by atoms with Crippen LogP contribution in [0.25, 0.3) is 39.0 Å². The molecule has 0 N–H and O–H groups in total. The van der Waals surface area contributed by atoms with Gasteiger partial charge >= 0.3 is 0 Å². The first kappa shape index (κ1) is 19.6. The molecule has 4 nitrogen and oxygen atoms in total. The van der Waals surface area contributed by atoms with E-state index in [4.69, 9.17) is 4.74 Å². The van der Waals surface area contributed by atoms with Gasteiger partial charge in [0.25, 0.3) is 0 Å². The second-order valence-electron chi connectivity index (χ2n) is 8.14. The maximum Gasteiger partial charge on any atom is 0.123 e. The molecule has 0 atom stereocenters. The topological polar surface area (TPSA) is 39.9 Å². The van der Waals surface area contributed by atoms with Crippen LogP contribution in [0.1, 0.15) is 31.9 Å². The van der Waals surface area contributed by atoms with Crippen LogP contribution in [-0.2, 0) is 4.74 Å². The molecule has 0 saturated carbocycles. The maximum absolute atomic E-state index is 13.5. The van der Waals surface area contributed by atoms with E-state index < -0.39 is 0 Å². The predicted octanol–water partition coefficient (Wildman–Crippen LogP) is 6.29. The largest absolute Gasteiger partial charge is 0.377 e. The molecule has 156 valence electrons. The van der Waals surface area contributed by atoms with Crippen LogP contribution >= 0.6 is 0 Å². The molecule has 0 unspecified atom stereocenters. The Balaban J connectivity index is 1.65. The quantitative estimate of drug-likeness (QED) is 0.395. The van der Waals surface area contributed by atoms with Crippen LogP contribution in [0.2, 0.25) is 0 Å². The van der Waals surface area contributed by atoms with E-state index in [9.17, 15) is 4.39 Å². The van der Waals surface area contributed by atoms with E-state index in [1.54, 1.807) is 12.1 Å². The lowest BCUT2D eigenvalue weighted by atomic mass is 9.99. The van der Waals surface area contributed by atoms with Gasteiger partial charge in [0.2, 0.25) is 0 Å². The van der Waals surface area contributed by atoms with Crippen LogP contribution in [0.4, 0.5) is 4.39 Å². The summed E-state index contributed by atoms with van der Waals surface area (Å²) in [5.41, 5.74) is 7.23. The zero-order chi connectivity index (χ0) is 21.4. The van der Waals surface area contributed by atoms with Gasteiger partial charge in [0.15, 0.2) is 0 Å². The van der Waals surface area contributed by atoms with Gasteiger partial charge in [-0.15, -0.1) is 0 Å². The van der Waals surface area contributed by atoms with E-state index in [0.717, 1.165) is 52.0 Å². The molecular weight excluding hydrogens is 389 g/mol. The fourth-order valence-corrected chi connectivity index (χ4v) is 4.10. The SMILES string of the molecule is CC(C)n1cnc(-c2ccc(F)cc2)c1-c1ccc2ncc(C3=CCOCC3)cc2c1. The monoisotopic (exact) mass is 413 g/mol. The van der Waals surface area contributed by atoms with E-state index in [1.807, 2.05) is 12.5 Å². The highest BCUT2D eigenvalue weighted by Crippen LogP contribution is 2.35. The lowest BCUT2D eigenvalue weighted by Crippen LogP contribution is -2.04. The highest BCUT2D eigenvalue weighted by Gasteiger charge is 2.18. The van der Waals surface area contributed by atoms with Crippen molar-refractivity contribution >= 4 is 16.5 Å². The molecule has 0 amide bonds. The molecule has 5 rings (SSSR count). The molecule has 3 heterocycles. The summed E-state index contributed by atoms with van der Waals surface area (Å²) in [6.45, 7) is 5.68. The molecule has 4 aromatic rings. The van der Waals surface area contributed by atoms with Crippen LogP contribution in [0.5, 0.6) is 0 Å². The average molecular weight is 413 g/mol. The van der Waals surface area contributed by atoms with Gasteiger partial charge in [-0.1, -0.05) is 12.1 Å². The molecule has 0 spiro atoms. The minimum absolute atomic E-state index is 0.240. The Bertz CT molecular complexity index is 1270. The number of aromatic nitrogens is 3. The zero-order valence-electron chi connectivity index (χ0n) is 17.7. The fraction of sp³-hybridized carbons (Fsp3) is 0.231. The summed E-state index contributed by atoms with van der Waals surface area (Å²) in [6.07, 6.45) is 6.85. The molecule has 0 fully saturated rings. The number of hydrogen-bond acceptors (Lipinski definition) is 3. The molecule has 0 aliphatic carbocycles. The molecule has 1 aliphatic rings. The maximum atomic E-state index is 13.5. The number of halogens is 1. The third-order valence-corrected chi connectivity index (χ3v) is 5.76. The Morgan fingerprint density at radius 3 is 2.48 bits per heavy atom. The first-order valence-corrected chi connectivity index (χ1v) is 10.6. The second-order valence-corrected chi connectivity index (χ2v) is 8.14. The number of hydrogen-bond donors (Lipinski definition) is 0. The Morgan fingerprint density at radius 2 is 1.74 bits per heavy atom. The van der Waals surface area contributed by atoms with Gasteiger partial charge in [-0.05, 0) is 73.9 Å². The van der Waals surface area contributed by atoms with Crippen LogP contribution in [-0.4, -0.2) is 27.7 Å². The summed E-state index contributed by atoms with van der Waals surface area (Å²) in [6, 6.07) is 15.3. The van der Waals surface area contributed by atoms with Gasteiger partial charge in [0.1, 0.15) is 5.82 Å². The summed E-state index contributed by atoms with van der Waals surface area (Å²) < 4.78 is 21.1. The highest BCUT2D eigenvalue weighted by atomic mass is 19.1. The summed E-state index contributed by atoms with van der Waals surface area (Å²) in [5.74, 6) is -0.250. The van der Waals surface area contributed by atoms with Crippen molar-refractivity contribution in [2.75, 3.05) is 13.2 Å². The first-order chi connectivity index (χ1) is 15.1. The smallest absolute Gasteiger partial charge is 0.123 e. The minimum atomic E-state index is -0.250. The molecule has 0 saturated heterocycles. The van der Waals surface area contributed by atoms with E-state index >= 15 is 0 Å². The van der Waals surface area contributed by atoms with Crippen molar-refractivity contribution in [2.45, 2.75) is 26.3 Å². The molecule has 0 radical (unpaired) electrons. The van der Waals surface area contributed by atoms with Crippen molar-refractivity contribution in [3.8, 4) is 22.5 Å². The highest BCUT2D eigenvalue weighted by molar-refractivity contribution is 5.89. The van der Waals surface area contributed by atoms with Crippen LogP contribution in [0.3, 0.4) is 0 Å². The van der Waals surface area contributed by atoms with Crippen molar-refractivity contribution in [1.29, 1.82) is 0 Å². The number of ether oxygens (including phenoxy) is 1. The van der Waals surface area contributed by atoms with Crippen molar-refractivity contribution in [3.05, 3.63) is 78.5 Å². The summed E-state index contributed by atoms with van der Waals surface area (Å²) in [4.78, 5) is 9.37. The summed E-state index contributed by atoms with van der Waals surface area (Å²) >= 11 is 0. The number of fused-ring (bicyclic) bond motifs is 1. The van der Waals surface area contributed by atoms with Crippen molar-refractivity contribution < 1.29 is 9.13 Å². The van der Waals surface area contributed by atoms with Crippen LogP contribution < -0.4 is 0 Å². The van der Waals surface area contributed by atoms with Crippen molar-refractivity contribution in [1.82, 2.24) is 14.5 Å². The minimum Gasteiger partial charge on any atom is -0.377 e. The molecule has 2 aromatic heterocycles. The Labute approximate surface area is 181 Å². The molecule has 5 heteroatoms. The molecule has 31 heavy (non-hydrogen) atoms. The van der Waals surface area contributed by atoms with E-state index in [0.29, 0.717) is 6.61 Å². The lowest BCUT2D eigenvalue weighted by Gasteiger charge is -2.16. The Kier molecular flexibility index (Phi) is 5.12. The number of rotatable bonds is 4. The Morgan fingerprint density at radius 1 is 0.968 bits per heavy atom. The van der Waals surface area contributed by atoms with Gasteiger partial charge in [-0.2, -0.15) is 0 Å². The number of nitrogens with zero attached hydrogens (tertiary/aromatic N) is 3. The normalized spacial score (nSPS) is 14.3. The van der Waals surface area contributed by atoms with Gasteiger partial charge < -0.3 is 9.30 Å². The second kappa shape index (κ2) is 8.08. The summed E-state index contributed by atoms with van der Waals surface area (Å²) in [7, 11) is 0. The molecule has 1 aliphatic heterocycles.